The van der Waals surface area contributed by atoms with Gasteiger partial charge in [0.2, 0.25) is 0 Å². The molecule has 0 radical (unpaired) electrons. The number of likely N-dealkylation sites (N-methyl/N-ethyl adjacent to an activating group) is 1. The molecular weight excluding hydrogens is 293 g/mol. The molecule has 1 amide bonds. The van der Waals surface area contributed by atoms with E-state index in [0.29, 0.717) is 11.8 Å². The van der Waals surface area contributed by atoms with Crippen molar-refractivity contribution in [2.45, 2.75) is 6.42 Å². The summed E-state index contributed by atoms with van der Waals surface area (Å²) < 4.78 is 13.8. The summed E-state index contributed by atoms with van der Waals surface area (Å²) in [6.07, 6.45) is 1.14. The van der Waals surface area contributed by atoms with Crippen molar-refractivity contribution in [3.05, 3.63) is 35.6 Å². The summed E-state index contributed by atoms with van der Waals surface area (Å²) in [5, 5.41) is 0. The van der Waals surface area contributed by atoms with Gasteiger partial charge in [-0.1, -0.05) is 12.1 Å². The lowest BCUT2D eigenvalue weighted by Gasteiger charge is -2.34. The van der Waals surface area contributed by atoms with Crippen LogP contribution in [0.5, 0.6) is 0 Å². The minimum absolute atomic E-state index is 0.155. The van der Waals surface area contributed by atoms with Crippen molar-refractivity contribution < 1.29 is 9.18 Å². The molecule has 2 saturated heterocycles. The average Bonchev–Trinajstić information content (AvgIpc) is 2.96. The second kappa shape index (κ2) is 6.97. The van der Waals surface area contributed by atoms with E-state index in [4.69, 9.17) is 0 Å². The number of carbonyl (C=O) groups excluding carboxylic acids is 1. The van der Waals surface area contributed by atoms with Crippen LogP contribution in [0, 0.1) is 17.7 Å². The number of benzene rings is 1. The number of hydrogen-bond acceptors (Lipinski definition) is 3. The minimum atomic E-state index is -0.417. The van der Waals surface area contributed by atoms with Gasteiger partial charge in [0.1, 0.15) is 5.82 Å². The Hall–Kier alpha value is -1.46. The zero-order valence-corrected chi connectivity index (χ0v) is 14.0. The van der Waals surface area contributed by atoms with Crippen LogP contribution in [-0.2, 0) is 0 Å². The maximum absolute atomic E-state index is 13.8. The van der Waals surface area contributed by atoms with E-state index >= 15 is 0 Å². The smallest absolute Gasteiger partial charge is 0.256 e. The molecule has 0 N–H and O–H groups in total. The summed E-state index contributed by atoms with van der Waals surface area (Å²) in [6, 6.07) is 6.29. The monoisotopic (exact) mass is 319 g/mol. The van der Waals surface area contributed by atoms with Crippen LogP contribution in [0.15, 0.2) is 24.3 Å². The van der Waals surface area contributed by atoms with Crippen molar-refractivity contribution in [3.8, 4) is 0 Å². The van der Waals surface area contributed by atoms with E-state index in [0.717, 1.165) is 45.7 Å². The molecule has 126 valence electrons. The lowest BCUT2D eigenvalue weighted by atomic mass is 9.89. The Morgan fingerprint density at radius 1 is 1.22 bits per heavy atom. The normalized spacial score (nSPS) is 25.0. The Morgan fingerprint density at radius 2 is 1.96 bits per heavy atom. The van der Waals surface area contributed by atoms with E-state index in [2.05, 4.69) is 23.9 Å². The third-order valence-corrected chi connectivity index (χ3v) is 5.14. The van der Waals surface area contributed by atoms with Gasteiger partial charge >= 0.3 is 0 Å². The highest BCUT2D eigenvalue weighted by Crippen LogP contribution is 2.32. The van der Waals surface area contributed by atoms with E-state index in [9.17, 15) is 9.18 Å². The molecule has 3 rings (SSSR count). The standard InChI is InChI=1S/C18H26FN3O/c1-20(2)9-10-21-8-7-14-12-22(13-15(14)11-21)18(23)16-5-3-4-6-17(16)19/h3-6,14-15H,7-13H2,1-2H3/t14-,15+/m1/s1. The highest BCUT2D eigenvalue weighted by molar-refractivity contribution is 5.94. The summed E-state index contributed by atoms with van der Waals surface area (Å²) >= 11 is 0. The predicted octanol–water partition coefficient (Wildman–Crippen LogP) is 1.78. The van der Waals surface area contributed by atoms with Gasteiger partial charge in [0.25, 0.3) is 5.91 Å². The van der Waals surface area contributed by atoms with Gasteiger partial charge in [-0.15, -0.1) is 0 Å². The molecule has 2 aliphatic rings. The van der Waals surface area contributed by atoms with Crippen molar-refractivity contribution in [2.75, 3.05) is 53.4 Å². The SMILES string of the molecule is CN(C)CCN1CC[C@@H]2CN(C(=O)c3ccccc3F)C[C@@H]2C1. The fourth-order valence-electron chi connectivity index (χ4n) is 3.76. The molecule has 0 unspecified atom stereocenters. The molecule has 5 heteroatoms. The van der Waals surface area contributed by atoms with Gasteiger partial charge in [-0.2, -0.15) is 0 Å². The maximum atomic E-state index is 13.8. The van der Waals surface area contributed by atoms with Crippen LogP contribution in [0.3, 0.4) is 0 Å². The molecule has 2 atom stereocenters. The van der Waals surface area contributed by atoms with Crippen LogP contribution >= 0.6 is 0 Å². The van der Waals surface area contributed by atoms with Crippen LogP contribution < -0.4 is 0 Å². The van der Waals surface area contributed by atoms with Gasteiger partial charge in [0.05, 0.1) is 5.56 Å². The van der Waals surface area contributed by atoms with Crippen molar-refractivity contribution in [2.24, 2.45) is 11.8 Å². The Bertz CT molecular complexity index is 563. The Balaban J connectivity index is 1.60. The average molecular weight is 319 g/mol. The zero-order valence-electron chi connectivity index (χ0n) is 14.0. The van der Waals surface area contributed by atoms with Crippen molar-refractivity contribution >= 4 is 5.91 Å². The topological polar surface area (TPSA) is 26.8 Å². The summed E-state index contributed by atoms with van der Waals surface area (Å²) in [5.74, 6) is 0.528. The first-order chi connectivity index (χ1) is 11.0. The van der Waals surface area contributed by atoms with E-state index in [1.807, 2.05) is 4.90 Å². The quantitative estimate of drug-likeness (QED) is 0.846. The van der Waals surface area contributed by atoms with Crippen LogP contribution in [0.1, 0.15) is 16.8 Å². The van der Waals surface area contributed by atoms with E-state index in [1.165, 1.54) is 6.07 Å². The van der Waals surface area contributed by atoms with Gasteiger partial charge in [0.15, 0.2) is 0 Å². The molecular formula is C18H26FN3O. The minimum Gasteiger partial charge on any atom is -0.338 e. The third kappa shape index (κ3) is 3.72. The van der Waals surface area contributed by atoms with E-state index < -0.39 is 5.82 Å². The van der Waals surface area contributed by atoms with Crippen LogP contribution in [0.4, 0.5) is 4.39 Å². The highest BCUT2D eigenvalue weighted by Gasteiger charge is 2.39. The largest absolute Gasteiger partial charge is 0.338 e. The molecule has 0 bridgehead atoms. The van der Waals surface area contributed by atoms with Gasteiger partial charge in [-0.3, -0.25) is 4.79 Å². The molecule has 1 aromatic rings. The molecule has 2 fully saturated rings. The maximum Gasteiger partial charge on any atom is 0.256 e. The first kappa shape index (κ1) is 16.4. The second-order valence-electron chi connectivity index (χ2n) is 7.10. The number of amides is 1. The predicted molar refractivity (Wildman–Crippen MR) is 88.9 cm³/mol. The van der Waals surface area contributed by atoms with Crippen LogP contribution in [0.25, 0.3) is 0 Å². The fourth-order valence-corrected chi connectivity index (χ4v) is 3.76. The Kier molecular flexibility index (Phi) is 4.97. The molecule has 0 saturated carbocycles. The molecule has 1 aromatic carbocycles. The molecule has 23 heavy (non-hydrogen) atoms. The van der Waals surface area contributed by atoms with Gasteiger partial charge in [-0.25, -0.2) is 4.39 Å². The third-order valence-electron chi connectivity index (χ3n) is 5.14. The van der Waals surface area contributed by atoms with Gasteiger partial charge in [0, 0.05) is 32.7 Å². The molecule has 2 aliphatic heterocycles. The molecule has 2 heterocycles. The molecule has 0 aliphatic carbocycles. The summed E-state index contributed by atoms with van der Waals surface area (Å²) in [4.78, 5) is 19.1. The molecule has 0 spiro atoms. The number of nitrogens with zero attached hydrogens (tertiary/aromatic N) is 3. The summed E-state index contributed by atoms with van der Waals surface area (Å²) in [6.45, 7) is 5.85. The highest BCUT2D eigenvalue weighted by atomic mass is 19.1. The Labute approximate surface area is 137 Å². The lowest BCUT2D eigenvalue weighted by Crippen LogP contribution is -2.42. The van der Waals surface area contributed by atoms with Gasteiger partial charge in [-0.05, 0) is 51.0 Å². The Morgan fingerprint density at radius 3 is 2.70 bits per heavy atom. The first-order valence-electron chi connectivity index (χ1n) is 8.45. The van der Waals surface area contributed by atoms with Gasteiger partial charge < -0.3 is 14.7 Å². The van der Waals surface area contributed by atoms with Crippen molar-refractivity contribution in [1.29, 1.82) is 0 Å². The summed E-state index contributed by atoms with van der Waals surface area (Å²) in [7, 11) is 4.19. The van der Waals surface area contributed by atoms with Crippen LogP contribution in [-0.4, -0.2) is 74.0 Å². The summed E-state index contributed by atoms with van der Waals surface area (Å²) in [5.41, 5.74) is 0.204. The number of piperidine rings is 1. The number of rotatable bonds is 4. The number of hydrogen-bond donors (Lipinski definition) is 0. The fraction of sp³-hybridized carbons (Fsp3) is 0.611. The molecule has 4 nitrogen and oxygen atoms in total. The first-order valence-corrected chi connectivity index (χ1v) is 8.45. The number of fused-ring (bicyclic) bond motifs is 1. The number of halogens is 1. The van der Waals surface area contributed by atoms with Crippen molar-refractivity contribution in [1.82, 2.24) is 14.7 Å². The lowest BCUT2D eigenvalue weighted by molar-refractivity contribution is 0.0779. The second-order valence-corrected chi connectivity index (χ2v) is 7.10. The number of likely N-dealkylation sites (tertiary alicyclic amines) is 2. The van der Waals surface area contributed by atoms with E-state index in [1.54, 1.807) is 18.2 Å². The van der Waals surface area contributed by atoms with E-state index in [-0.39, 0.29) is 11.5 Å². The number of carbonyl (C=O) groups is 1. The van der Waals surface area contributed by atoms with Crippen LogP contribution in [0.2, 0.25) is 0 Å². The van der Waals surface area contributed by atoms with Crippen molar-refractivity contribution in [3.63, 3.8) is 0 Å². The molecule has 0 aromatic heterocycles. The zero-order chi connectivity index (χ0) is 16.4.